The molecule has 2 atom stereocenters. The Kier molecular flexibility index (Phi) is 8.18. The Balaban J connectivity index is 2.04. The molecule has 0 radical (unpaired) electrons. The summed E-state index contributed by atoms with van der Waals surface area (Å²) < 4.78 is 11.7. The molecule has 0 bridgehead atoms. The molecule has 2 aromatic rings. The molecule has 0 fully saturated rings. The van der Waals surface area contributed by atoms with Crippen LogP contribution in [0.3, 0.4) is 0 Å². The monoisotopic (exact) mass is 369 g/mol. The van der Waals surface area contributed by atoms with Crippen LogP contribution < -0.4 is 14.8 Å². The van der Waals surface area contributed by atoms with Crippen LogP contribution in [0.1, 0.15) is 58.4 Å². The number of benzene rings is 2. The maximum absolute atomic E-state index is 12.7. The summed E-state index contributed by atoms with van der Waals surface area (Å²) in [4.78, 5) is 12.7. The van der Waals surface area contributed by atoms with E-state index in [4.69, 9.17) is 9.47 Å². The Bertz CT molecular complexity index is 712. The predicted octanol–water partition coefficient (Wildman–Crippen LogP) is 5.79. The molecule has 0 aliphatic carbocycles. The quantitative estimate of drug-likeness (QED) is 0.577. The van der Waals surface area contributed by atoms with E-state index in [0.29, 0.717) is 18.9 Å². The van der Waals surface area contributed by atoms with Gasteiger partial charge in [0.2, 0.25) is 0 Å². The van der Waals surface area contributed by atoms with Crippen molar-refractivity contribution in [1.82, 2.24) is 0 Å². The molecule has 2 rings (SSSR count). The van der Waals surface area contributed by atoms with E-state index in [9.17, 15) is 4.79 Å². The summed E-state index contributed by atoms with van der Waals surface area (Å²) >= 11 is 0. The van der Waals surface area contributed by atoms with Gasteiger partial charge in [-0.25, -0.2) is 0 Å². The van der Waals surface area contributed by atoms with Gasteiger partial charge >= 0.3 is 0 Å². The molecule has 4 nitrogen and oxygen atoms in total. The van der Waals surface area contributed by atoms with Crippen molar-refractivity contribution in [2.45, 2.75) is 59.0 Å². The van der Waals surface area contributed by atoms with Crippen LogP contribution in [0.15, 0.2) is 48.5 Å². The predicted molar refractivity (Wildman–Crippen MR) is 111 cm³/mol. The molecule has 0 saturated carbocycles. The fraction of sp³-hybridized carbons (Fsp3) is 0.435. The van der Waals surface area contributed by atoms with Gasteiger partial charge in [-0.05, 0) is 61.1 Å². The molecule has 0 aromatic heterocycles. The second kappa shape index (κ2) is 10.6. The van der Waals surface area contributed by atoms with Crippen molar-refractivity contribution in [3.8, 4) is 11.5 Å². The number of carbonyl (C=O) groups is 1. The molecule has 0 aliphatic heterocycles. The summed E-state index contributed by atoms with van der Waals surface area (Å²) in [5.41, 5.74) is 1.88. The highest BCUT2D eigenvalue weighted by molar-refractivity contribution is 5.94. The van der Waals surface area contributed by atoms with Crippen LogP contribution in [0.25, 0.3) is 0 Å². The number of amides is 1. The van der Waals surface area contributed by atoms with Crippen LogP contribution in [-0.2, 0) is 4.79 Å². The fourth-order valence-electron chi connectivity index (χ4n) is 2.77. The normalized spacial score (nSPS) is 12.9. The minimum atomic E-state index is -0.536. The first-order valence-electron chi connectivity index (χ1n) is 9.88. The third kappa shape index (κ3) is 6.02. The number of anilines is 1. The van der Waals surface area contributed by atoms with Gasteiger partial charge in [0.1, 0.15) is 11.5 Å². The molecule has 0 heterocycles. The first kappa shape index (κ1) is 20.8. The summed E-state index contributed by atoms with van der Waals surface area (Å²) in [5.74, 6) is 1.84. The van der Waals surface area contributed by atoms with Crippen molar-refractivity contribution >= 4 is 11.6 Å². The molecule has 0 saturated heterocycles. The van der Waals surface area contributed by atoms with Crippen LogP contribution in [0.2, 0.25) is 0 Å². The fourth-order valence-corrected chi connectivity index (χ4v) is 2.77. The van der Waals surface area contributed by atoms with E-state index < -0.39 is 6.10 Å². The molecular formula is C23H31NO3. The summed E-state index contributed by atoms with van der Waals surface area (Å²) in [7, 11) is 0. The van der Waals surface area contributed by atoms with E-state index in [-0.39, 0.29) is 5.91 Å². The lowest BCUT2D eigenvalue weighted by atomic mass is 9.98. The van der Waals surface area contributed by atoms with E-state index in [2.05, 4.69) is 32.2 Å². The summed E-state index contributed by atoms with van der Waals surface area (Å²) in [5, 5.41) is 2.94. The second-order valence-corrected chi connectivity index (χ2v) is 6.72. The van der Waals surface area contributed by atoms with Gasteiger partial charge in [0.15, 0.2) is 6.10 Å². The Labute approximate surface area is 162 Å². The van der Waals surface area contributed by atoms with Gasteiger partial charge in [0.25, 0.3) is 5.91 Å². The van der Waals surface area contributed by atoms with Gasteiger partial charge in [0, 0.05) is 5.69 Å². The van der Waals surface area contributed by atoms with Crippen molar-refractivity contribution in [1.29, 1.82) is 0 Å². The zero-order chi connectivity index (χ0) is 19.6. The van der Waals surface area contributed by atoms with Gasteiger partial charge in [0.05, 0.1) is 6.61 Å². The number of nitrogens with one attached hydrogen (secondary N) is 1. The first-order valence-corrected chi connectivity index (χ1v) is 9.88. The lowest BCUT2D eigenvalue weighted by Crippen LogP contribution is -2.32. The smallest absolute Gasteiger partial charge is 0.265 e. The SMILES string of the molecule is CCCOc1ccc(NC(=O)C(CC)Oc2ccccc2C(C)CC)cc1. The molecule has 2 unspecified atom stereocenters. The number of rotatable bonds is 10. The molecule has 27 heavy (non-hydrogen) atoms. The second-order valence-electron chi connectivity index (χ2n) is 6.72. The lowest BCUT2D eigenvalue weighted by molar-refractivity contribution is -0.122. The van der Waals surface area contributed by atoms with Crippen molar-refractivity contribution in [2.24, 2.45) is 0 Å². The average Bonchev–Trinajstić information content (AvgIpc) is 2.71. The van der Waals surface area contributed by atoms with Gasteiger partial charge in [-0.15, -0.1) is 0 Å². The van der Waals surface area contributed by atoms with Crippen molar-refractivity contribution in [3.63, 3.8) is 0 Å². The minimum Gasteiger partial charge on any atom is -0.494 e. The van der Waals surface area contributed by atoms with Gasteiger partial charge in [-0.2, -0.15) is 0 Å². The van der Waals surface area contributed by atoms with Crippen LogP contribution in [0.4, 0.5) is 5.69 Å². The molecule has 1 N–H and O–H groups in total. The summed E-state index contributed by atoms with van der Waals surface area (Å²) in [6.45, 7) is 9.04. The third-order valence-corrected chi connectivity index (χ3v) is 4.59. The zero-order valence-corrected chi connectivity index (χ0v) is 16.8. The molecule has 1 amide bonds. The van der Waals surface area contributed by atoms with E-state index in [0.717, 1.165) is 35.6 Å². The maximum atomic E-state index is 12.7. The third-order valence-electron chi connectivity index (χ3n) is 4.59. The topological polar surface area (TPSA) is 47.6 Å². The standard InChI is InChI=1S/C23H31NO3/c1-5-16-26-19-14-12-18(13-15-19)24-23(25)21(7-3)27-22-11-9-8-10-20(22)17(4)6-2/h8-15,17,21H,5-7,16H2,1-4H3,(H,24,25). The van der Waals surface area contributed by atoms with E-state index >= 15 is 0 Å². The number of hydrogen-bond acceptors (Lipinski definition) is 3. The average molecular weight is 370 g/mol. The Morgan fingerprint density at radius 2 is 1.70 bits per heavy atom. The molecule has 2 aromatic carbocycles. The minimum absolute atomic E-state index is 0.140. The molecule has 0 aliphatic rings. The molecular weight excluding hydrogens is 338 g/mol. The molecule has 4 heteroatoms. The number of para-hydroxylation sites is 1. The molecule has 0 spiro atoms. The van der Waals surface area contributed by atoms with Crippen LogP contribution in [-0.4, -0.2) is 18.6 Å². The highest BCUT2D eigenvalue weighted by Gasteiger charge is 2.21. The zero-order valence-electron chi connectivity index (χ0n) is 16.8. The first-order chi connectivity index (χ1) is 13.1. The van der Waals surface area contributed by atoms with Crippen LogP contribution in [0, 0.1) is 0 Å². The van der Waals surface area contributed by atoms with Crippen molar-refractivity contribution in [2.75, 3.05) is 11.9 Å². The molecule has 146 valence electrons. The summed E-state index contributed by atoms with van der Waals surface area (Å²) in [6, 6.07) is 15.4. The Morgan fingerprint density at radius 1 is 1.00 bits per heavy atom. The summed E-state index contributed by atoms with van der Waals surface area (Å²) in [6.07, 6.45) is 2.05. The van der Waals surface area contributed by atoms with E-state index in [1.54, 1.807) is 0 Å². The van der Waals surface area contributed by atoms with E-state index in [1.165, 1.54) is 0 Å². The highest BCUT2D eigenvalue weighted by atomic mass is 16.5. The maximum Gasteiger partial charge on any atom is 0.265 e. The Hall–Kier alpha value is -2.49. The van der Waals surface area contributed by atoms with Crippen molar-refractivity contribution in [3.05, 3.63) is 54.1 Å². The van der Waals surface area contributed by atoms with Crippen LogP contribution in [0.5, 0.6) is 11.5 Å². The van der Waals surface area contributed by atoms with Gasteiger partial charge in [-0.3, -0.25) is 4.79 Å². The number of ether oxygens (including phenoxy) is 2. The van der Waals surface area contributed by atoms with Crippen LogP contribution >= 0.6 is 0 Å². The largest absolute Gasteiger partial charge is 0.494 e. The number of carbonyl (C=O) groups excluding carboxylic acids is 1. The Morgan fingerprint density at radius 3 is 2.33 bits per heavy atom. The number of hydrogen-bond donors (Lipinski definition) is 1. The van der Waals surface area contributed by atoms with E-state index in [1.807, 2.05) is 49.4 Å². The van der Waals surface area contributed by atoms with Gasteiger partial charge < -0.3 is 14.8 Å². The lowest BCUT2D eigenvalue weighted by Gasteiger charge is -2.21. The highest BCUT2D eigenvalue weighted by Crippen LogP contribution is 2.29. The van der Waals surface area contributed by atoms with Gasteiger partial charge in [-0.1, -0.05) is 45.9 Å². The van der Waals surface area contributed by atoms with Crippen molar-refractivity contribution < 1.29 is 14.3 Å².